The summed E-state index contributed by atoms with van der Waals surface area (Å²) in [6.45, 7) is 2.54. The molecule has 2 aliphatic carbocycles. The van der Waals surface area contributed by atoms with Crippen LogP contribution in [0.15, 0.2) is 41.9 Å². The molecule has 10 nitrogen and oxygen atoms in total. The van der Waals surface area contributed by atoms with Gasteiger partial charge in [0.15, 0.2) is 0 Å². The zero-order valence-corrected chi connectivity index (χ0v) is 25.4. The molecule has 226 valence electrons. The molecule has 1 aromatic carbocycles. The van der Waals surface area contributed by atoms with Gasteiger partial charge in [-0.25, -0.2) is 14.8 Å². The molecule has 2 aromatic heterocycles. The van der Waals surface area contributed by atoms with Crippen LogP contribution in [0.2, 0.25) is 0 Å². The van der Waals surface area contributed by atoms with Crippen LogP contribution in [0.1, 0.15) is 44.1 Å². The number of nitrogens with one attached hydrogen (secondary N) is 1. The molecule has 0 bridgehead atoms. The van der Waals surface area contributed by atoms with E-state index in [1.807, 2.05) is 42.7 Å². The molecule has 43 heavy (non-hydrogen) atoms. The Morgan fingerprint density at radius 3 is 2.74 bits per heavy atom. The van der Waals surface area contributed by atoms with Crippen LogP contribution in [0, 0.1) is 24.7 Å². The Bertz CT molecular complexity index is 1590. The van der Waals surface area contributed by atoms with Crippen LogP contribution in [0.3, 0.4) is 0 Å². The maximum Gasteiger partial charge on any atom is 0.330 e. The lowest BCUT2D eigenvalue weighted by Gasteiger charge is -2.26. The van der Waals surface area contributed by atoms with E-state index in [1.165, 1.54) is 11.3 Å². The van der Waals surface area contributed by atoms with Gasteiger partial charge in [0.2, 0.25) is 11.8 Å². The quantitative estimate of drug-likeness (QED) is 0.404. The zero-order valence-electron chi connectivity index (χ0n) is 24.5. The molecule has 0 saturated heterocycles. The van der Waals surface area contributed by atoms with Crippen LogP contribution in [0.4, 0.5) is 0 Å². The third-order valence-electron chi connectivity index (χ3n) is 9.09. The fourth-order valence-electron chi connectivity index (χ4n) is 6.53. The smallest absolute Gasteiger partial charge is 0.330 e. The summed E-state index contributed by atoms with van der Waals surface area (Å²) in [5.74, 6) is -1.85. The Morgan fingerprint density at radius 1 is 1.19 bits per heavy atom. The number of aryl methyl sites for hydroxylation is 1. The van der Waals surface area contributed by atoms with E-state index < -0.39 is 35.4 Å². The number of amides is 2. The van der Waals surface area contributed by atoms with Crippen molar-refractivity contribution in [1.82, 2.24) is 20.2 Å². The molecule has 1 aliphatic heterocycles. The summed E-state index contributed by atoms with van der Waals surface area (Å²) in [5.41, 5.74) is 0.932. The number of aliphatic carboxylic acids is 1. The summed E-state index contributed by atoms with van der Waals surface area (Å²) in [7, 11) is 3.39. The highest BCUT2D eigenvalue weighted by molar-refractivity contribution is 7.13. The van der Waals surface area contributed by atoms with Gasteiger partial charge in [-0.3, -0.25) is 9.59 Å². The number of ether oxygens (including phenoxy) is 2. The summed E-state index contributed by atoms with van der Waals surface area (Å²) >= 11 is 1.47. The Hall–Kier alpha value is -3.99. The second-order valence-corrected chi connectivity index (χ2v) is 12.7. The number of pyridine rings is 1. The number of allylic oxidation sites excluding steroid dienone is 1. The molecule has 6 rings (SSSR count). The molecule has 5 unspecified atom stereocenters. The van der Waals surface area contributed by atoms with Crippen molar-refractivity contribution in [1.29, 1.82) is 0 Å². The normalized spacial score (nSPS) is 27.7. The van der Waals surface area contributed by atoms with E-state index in [1.54, 1.807) is 25.3 Å². The van der Waals surface area contributed by atoms with Crippen molar-refractivity contribution in [3.05, 3.63) is 47.5 Å². The van der Waals surface area contributed by atoms with Crippen molar-refractivity contribution in [3.8, 4) is 22.2 Å². The molecular weight excluding hydrogens is 568 g/mol. The summed E-state index contributed by atoms with van der Waals surface area (Å²) in [4.78, 5) is 50.8. The topological polar surface area (TPSA) is 131 Å². The van der Waals surface area contributed by atoms with Crippen molar-refractivity contribution in [2.75, 3.05) is 20.7 Å². The van der Waals surface area contributed by atoms with E-state index in [2.05, 4.69) is 10.3 Å². The zero-order chi connectivity index (χ0) is 30.3. The number of aromatic nitrogens is 2. The van der Waals surface area contributed by atoms with Gasteiger partial charge in [-0.2, -0.15) is 0 Å². The highest BCUT2D eigenvalue weighted by Gasteiger charge is 2.61. The lowest BCUT2D eigenvalue weighted by molar-refractivity contribution is -0.145. The van der Waals surface area contributed by atoms with E-state index in [-0.39, 0.29) is 18.2 Å². The number of carboxylic acid groups (broad SMARTS) is 1. The van der Waals surface area contributed by atoms with Crippen LogP contribution in [0.25, 0.3) is 21.6 Å². The number of rotatable bonds is 5. The molecule has 5 atom stereocenters. The van der Waals surface area contributed by atoms with Gasteiger partial charge in [0.05, 0.1) is 24.5 Å². The Kier molecular flexibility index (Phi) is 7.85. The van der Waals surface area contributed by atoms with Gasteiger partial charge in [0.1, 0.15) is 33.8 Å². The monoisotopic (exact) mass is 604 g/mol. The summed E-state index contributed by atoms with van der Waals surface area (Å²) in [6, 6.07) is 5.64. The van der Waals surface area contributed by atoms with E-state index in [4.69, 9.17) is 14.5 Å². The number of nitrogens with zero attached hydrogens (tertiary/aromatic N) is 3. The van der Waals surface area contributed by atoms with E-state index in [9.17, 15) is 19.5 Å². The number of benzene rings is 1. The van der Waals surface area contributed by atoms with Gasteiger partial charge in [-0.1, -0.05) is 12.2 Å². The predicted molar refractivity (Wildman–Crippen MR) is 162 cm³/mol. The van der Waals surface area contributed by atoms with Gasteiger partial charge in [0, 0.05) is 48.1 Å². The minimum atomic E-state index is -1.32. The molecule has 11 heteroatoms. The fourth-order valence-corrected chi connectivity index (χ4v) is 7.13. The molecule has 3 heterocycles. The summed E-state index contributed by atoms with van der Waals surface area (Å²) in [5, 5.41) is 16.3. The number of fused-ring (bicyclic) bond motifs is 3. The molecule has 3 aliphatic rings. The third kappa shape index (κ3) is 5.46. The second-order valence-electron chi connectivity index (χ2n) is 11.8. The first-order valence-electron chi connectivity index (χ1n) is 14.7. The number of methoxy groups -OCH3 is 1. The number of carbonyl (C=O) groups excluding carboxylic acids is 2. The molecule has 2 amide bonds. The van der Waals surface area contributed by atoms with Crippen molar-refractivity contribution in [2.45, 2.75) is 57.1 Å². The Balaban J connectivity index is 1.34. The minimum Gasteiger partial charge on any atom is -0.496 e. The molecular formula is C32H36N4O6S. The van der Waals surface area contributed by atoms with Crippen molar-refractivity contribution >= 4 is 40.0 Å². The van der Waals surface area contributed by atoms with Gasteiger partial charge < -0.3 is 24.8 Å². The van der Waals surface area contributed by atoms with Crippen molar-refractivity contribution < 1.29 is 29.0 Å². The molecule has 2 fully saturated rings. The number of carbonyl (C=O) groups is 3. The molecule has 2 N–H and O–H groups in total. The third-order valence-corrected chi connectivity index (χ3v) is 9.88. The van der Waals surface area contributed by atoms with Crippen molar-refractivity contribution in [3.63, 3.8) is 0 Å². The Morgan fingerprint density at radius 2 is 2.00 bits per heavy atom. The standard InChI is InChI=1S/C32H36N4O6S/c1-18-25(41-3)10-9-21-26(16-24(34-27(18)21)29-33-11-13-43-29)42-20-14-22-23(15-20)30(38)36(2)12-7-5-4-6-8-19-17-32(19,31(39)40)35-28(22)37/h6,8-11,13,16,19-20,22-23H,4-5,7,12,14-15,17H2,1-3H3,(H,35,37)(H,39,40). The highest BCUT2D eigenvalue weighted by Crippen LogP contribution is 2.47. The summed E-state index contributed by atoms with van der Waals surface area (Å²) < 4.78 is 12.2. The molecule has 3 aromatic rings. The van der Waals surface area contributed by atoms with Gasteiger partial charge in [0.25, 0.3) is 0 Å². The minimum absolute atomic E-state index is 0.112. The lowest BCUT2D eigenvalue weighted by Crippen LogP contribution is -2.49. The van der Waals surface area contributed by atoms with Gasteiger partial charge in [-0.05, 0) is 57.6 Å². The molecule has 2 saturated carbocycles. The van der Waals surface area contributed by atoms with Crippen LogP contribution in [-0.2, 0) is 14.4 Å². The van der Waals surface area contributed by atoms with Gasteiger partial charge in [-0.15, -0.1) is 11.3 Å². The largest absolute Gasteiger partial charge is 0.496 e. The first-order chi connectivity index (χ1) is 20.7. The average Bonchev–Trinajstić information content (AvgIpc) is 3.31. The SMILES string of the molecule is COc1ccc2c(OC3CC4C(=O)NC5(C(=O)O)CC5C=CCCCCN(C)C(=O)C4C3)cc(-c3nccs3)nc2c1C. The van der Waals surface area contributed by atoms with Crippen molar-refractivity contribution in [2.24, 2.45) is 17.8 Å². The van der Waals surface area contributed by atoms with Crippen LogP contribution in [0.5, 0.6) is 11.5 Å². The second kappa shape index (κ2) is 11.6. The highest BCUT2D eigenvalue weighted by atomic mass is 32.1. The Labute approximate surface area is 254 Å². The maximum atomic E-state index is 13.7. The number of thiazole rings is 1. The number of hydrogen-bond acceptors (Lipinski definition) is 8. The summed E-state index contributed by atoms with van der Waals surface area (Å²) in [6.07, 6.45) is 8.70. The predicted octanol–water partition coefficient (Wildman–Crippen LogP) is 4.61. The lowest BCUT2D eigenvalue weighted by atomic mass is 9.93. The van der Waals surface area contributed by atoms with E-state index >= 15 is 0 Å². The van der Waals surface area contributed by atoms with Crippen LogP contribution >= 0.6 is 11.3 Å². The first kappa shape index (κ1) is 29.1. The van der Waals surface area contributed by atoms with E-state index in [0.717, 1.165) is 40.7 Å². The maximum absolute atomic E-state index is 13.7. The molecule has 0 radical (unpaired) electrons. The fraction of sp³-hybridized carbons (Fsp3) is 0.469. The van der Waals surface area contributed by atoms with E-state index in [0.29, 0.717) is 36.6 Å². The number of hydrogen-bond donors (Lipinski definition) is 2. The van der Waals surface area contributed by atoms with Crippen LogP contribution in [-0.4, -0.2) is 70.1 Å². The first-order valence-corrected chi connectivity index (χ1v) is 15.6. The van der Waals surface area contributed by atoms with Crippen LogP contribution < -0.4 is 14.8 Å². The van der Waals surface area contributed by atoms with Gasteiger partial charge >= 0.3 is 5.97 Å². The average molecular weight is 605 g/mol. The number of carboxylic acids is 1. The molecule has 0 spiro atoms.